The number of para-hydroxylation sites is 1. The fourth-order valence-electron chi connectivity index (χ4n) is 1.97. The maximum atomic E-state index is 13.8. The maximum absolute atomic E-state index is 13.8. The van der Waals surface area contributed by atoms with Gasteiger partial charge in [0.1, 0.15) is 5.75 Å². The van der Waals surface area contributed by atoms with Crippen molar-refractivity contribution in [2.24, 2.45) is 0 Å². The number of rotatable bonds is 8. The Balaban J connectivity index is 0.00000338. The molecule has 2 aromatic carbocycles. The van der Waals surface area contributed by atoms with Gasteiger partial charge in [-0.15, -0.1) is 0 Å². The van der Waals surface area contributed by atoms with Gasteiger partial charge in [0.25, 0.3) is 0 Å². The summed E-state index contributed by atoms with van der Waals surface area (Å²) < 4.78 is 44.0. The molecule has 0 saturated heterocycles. The molecule has 0 heterocycles. The summed E-state index contributed by atoms with van der Waals surface area (Å²) in [6.45, 7) is 0.518. The molecule has 0 spiro atoms. The first-order chi connectivity index (χ1) is 11.7. The van der Waals surface area contributed by atoms with Crippen LogP contribution < -0.4 is 4.74 Å². The van der Waals surface area contributed by atoms with Gasteiger partial charge >= 0.3 is 72.4 Å². The predicted molar refractivity (Wildman–Crippen MR) is 112 cm³/mol. The molecule has 0 aromatic heterocycles. The molecule has 0 saturated carbocycles. The minimum atomic E-state index is -5.58. The van der Waals surface area contributed by atoms with Crippen LogP contribution in [0.15, 0.2) is 53.0 Å². The Kier molecular flexibility index (Phi) is 13.2. The first-order valence-electron chi connectivity index (χ1n) is 7.20. The number of hydrogen-bond donors (Lipinski definition) is 2. The minimum absolute atomic E-state index is 0. The monoisotopic (exact) mass is 500 g/mol. The first kappa shape index (κ1) is 28.1. The van der Waals surface area contributed by atoms with Crippen LogP contribution in [0, 0.1) is 0 Å². The van der Waals surface area contributed by atoms with Crippen molar-refractivity contribution >= 4 is 94.4 Å². The summed E-state index contributed by atoms with van der Waals surface area (Å²) in [5, 5.41) is 0. The molecule has 27 heavy (non-hydrogen) atoms. The van der Waals surface area contributed by atoms with E-state index in [1.165, 1.54) is 12.1 Å². The molecule has 0 unspecified atom stereocenters. The molecule has 140 valence electrons. The van der Waals surface area contributed by atoms with E-state index in [2.05, 4.69) is 15.9 Å². The summed E-state index contributed by atoms with van der Waals surface area (Å²) in [6.07, 6.45) is 0. The predicted octanol–water partition coefficient (Wildman–Crippen LogP) is 3.69. The zero-order valence-electron chi connectivity index (χ0n) is 12.9. The Morgan fingerprint density at radius 1 is 1.11 bits per heavy atom. The Morgan fingerprint density at radius 3 is 2.30 bits per heavy atom. The fraction of sp³-hybridized carbons (Fsp3) is 0.250. The summed E-state index contributed by atoms with van der Waals surface area (Å²) in [5.41, 5.74) is -4.18. The molecule has 2 rings (SSSR count). The molecule has 4 nitrogen and oxygen atoms in total. The number of benzene rings is 2. The average Bonchev–Trinajstić information content (AvgIpc) is 2.54. The fourth-order valence-corrected chi connectivity index (χ4v) is 4.07. The number of hydrogen-bond acceptors (Lipinski definition) is 3. The van der Waals surface area contributed by atoms with Gasteiger partial charge in [-0.1, -0.05) is 46.3 Å². The number of halogens is 3. The Morgan fingerprint density at radius 2 is 1.74 bits per heavy atom. The molecular formula is C16H18BrF2Na2O4PS. The summed E-state index contributed by atoms with van der Waals surface area (Å²) in [6, 6.07) is 13.3. The van der Waals surface area contributed by atoms with Gasteiger partial charge in [-0.25, -0.2) is 0 Å². The van der Waals surface area contributed by atoms with E-state index < -0.39 is 18.8 Å². The van der Waals surface area contributed by atoms with Crippen molar-refractivity contribution in [2.45, 2.75) is 11.4 Å². The Bertz CT molecular complexity index is 765. The van der Waals surface area contributed by atoms with E-state index in [1.54, 1.807) is 11.8 Å². The van der Waals surface area contributed by atoms with Crippen LogP contribution in [0.4, 0.5) is 8.78 Å². The molecule has 2 N–H and O–H groups in total. The summed E-state index contributed by atoms with van der Waals surface area (Å²) in [7, 11) is -5.58. The van der Waals surface area contributed by atoms with Crippen LogP contribution in [-0.2, 0) is 16.0 Å². The third-order valence-electron chi connectivity index (χ3n) is 3.23. The topological polar surface area (TPSA) is 66.8 Å². The van der Waals surface area contributed by atoms with Gasteiger partial charge in [0, 0.05) is 21.5 Å². The third kappa shape index (κ3) is 8.38. The summed E-state index contributed by atoms with van der Waals surface area (Å²) >= 11 is 4.54. The van der Waals surface area contributed by atoms with Gasteiger partial charge in [0.15, 0.2) is 0 Å². The molecule has 0 amide bonds. The van der Waals surface area contributed by atoms with Crippen molar-refractivity contribution in [1.29, 1.82) is 0 Å². The molecule has 0 radical (unpaired) electrons. The van der Waals surface area contributed by atoms with Crippen LogP contribution in [0.25, 0.3) is 0 Å². The molecular weight excluding hydrogens is 483 g/mol. The second-order valence-electron chi connectivity index (χ2n) is 5.11. The van der Waals surface area contributed by atoms with Gasteiger partial charge in [0.2, 0.25) is 0 Å². The molecule has 0 atom stereocenters. The van der Waals surface area contributed by atoms with Crippen molar-refractivity contribution < 1.29 is 27.9 Å². The number of ether oxygens (including phenoxy) is 1. The summed E-state index contributed by atoms with van der Waals surface area (Å²) in [5.74, 6) is 2.07. The van der Waals surface area contributed by atoms with Gasteiger partial charge < -0.3 is 14.5 Å². The van der Waals surface area contributed by atoms with Crippen LogP contribution in [-0.4, -0.2) is 81.3 Å². The van der Waals surface area contributed by atoms with Gasteiger partial charge in [-0.3, -0.25) is 4.57 Å². The zero-order valence-corrected chi connectivity index (χ0v) is 16.2. The van der Waals surface area contributed by atoms with E-state index in [0.29, 0.717) is 18.1 Å². The molecule has 2 aromatic rings. The zero-order chi connectivity index (χ0) is 18.5. The molecule has 0 aliphatic rings. The standard InChI is InChI=1S/C16H16BrF2O4PS.2Na.2H/c17-15-10-12(6-7-14(15)16(18,19)24(20,21)22)11-25-9-8-23-13-4-2-1-3-5-13;;;;/h1-7,10H,8-9,11H2,(H2,20,21,22);;;;. The first-order valence-corrected chi connectivity index (χ1v) is 10.8. The van der Waals surface area contributed by atoms with E-state index in [0.717, 1.165) is 17.4 Å². The van der Waals surface area contributed by atoms with Crippen LogP contribution in [0.5, 0.6) is 5.75 Å². The van der Waals surface area contributed by atoms with Gasteiger partial charge in [0.05, 0.1) is 6.61 Å². The normalized spacial score (nSPS) is 11.3. The van der Waals surface area contributed by atoms with Crippen LogP contribution in [0.2, 0.25) is 0 Å². The average molecular weight is 501 g/mol. The van der Waals surface area contributed by atoms with E-state index in [1.807, 2.05) is 30.3 Å². The molecule has 0 aliphatic heterocycles. The van der Waals surface area contributed by atoms with Crippen LogP contribution >= 0.6 is 35.3 Å². The Hall–Kier alpha value is 1.08. The number of thioether (sulfide) groups is 1. The van der Waals surface area contributed by atoms with Crippen molar-refractivity contribution in [2.75, 3.05) is 12.4 Å². The third-order valence-corrected chi connectivity index (χ3v) is 5.85. The Labute approximate surface area is 213 Å². The molecule has 11 heteroatoms. The number of alkyl halides is 2. The van der Waals surface area contributed by atoms with Gasteiger partial charge in [-0.2, -0.15) is 20.5 Å². The molecule has 0 aliphatic carbocycles. The van der Waals surface area contributed by atoms with E-state index in [4.69, 9.17) is 14.5 Å². The van der Waals surface area contributed by atoms with E-state index >= 15 is 0 Å². The van der Waals surface area contributed by atoms with Crippen molar-refractivity contribution in [3.63, 3.8) is 0 Å². The van der Waals surface area contributed by atoms with Gasteiger partial charge in [-0.05, 0) is 23.8 Å². The van der Waals surface area contributed by atoms with Crippen molar-refractivity contribution in [3.8, 4) is 5.75 Å². The second-order valence-corrected chi connectivity index (χ2v) is 8.72. The van der Waals surface area contributed by atoms with E-state index in [9.17, 15) is 13.3 Å². The molecule has 0 fully saturated rings. The van der Waals surface area contributed by atoms with E-state index in [-0.39, 0.29) is 63.6 Å². The van der Waals surface area contributed by atoms with Crippen molar-refractivity contribution in [1.82, 2.24) is 0 Å². The summed E-state index contributed by atoms with van der Waals surface area (Å²) in [4.78, 5) is 17.6. The quantitative estimate of drug-likeness (QED) is 0.328. The van der Waals surface area contributed by atoms with Crippen LogP contribution in [0.3, 0.4) is 0 Å². The molecule has 0 bridgehead atoms. The SMILES string of the molecule is O=P(O)(O)C(F)(F)c1ccc(CSCCOc2ccccc2)cc1Br.[NaH].[NaH]. The second kappa shape index (κ2) is 12.7. The van der Waals surface area contributed by atoms with Crippen molar-refractivity contribution in [3.05, 3.63) is 64.1 Å². The van der Waals surface area contributed by atoms with Crippen LogP contribution in [0.1, 0.15) is 11.1 Å².